The van der Waals surface area contributed by atoms with Crippen LogP contribution in [0.15, 0.2) is 12.1 Å². The van der Waals surface area contributed by atoms with Crippen LogP contribution in [0.5, 0.6) is 5.75 Å². The summed E-state index contributed by atoms with van der Waals surface area (Å²) < 4.78 is 10.8. The van der Waals surface area contributed by atoms with Gasteiger partial charge in [-0.3, -0.25) is 4.90 Å². The average molecular weight is 363 g/mol. The highest BCUT2D eigenvalue weighted by Crippen LogP contribution is 2.31. The van der Waals surface area contributed by atoms with E-state index in [2.05, 4.69) is 43.1 Å². The predicted octanol–water partition coefficient (Wildman–Crippen LogP) is 4.36. The lowest BCUT2D eigenvalue weighted by Crippen LogP contribution is -2.46. The van der Waals surface area contributed by atoms with Crippen molar-refractivity contribution in [3.8, 4) is 5.75 Å². The Labute approximate surface area is 158 Å². The molecule has 1 N–H and O–H groups in total. The molecule has 2 rings (SSSR count). The number of methoxy groups -OCH3 is 1. The Balaban J connectivity index is 1.93. The van der Waals surface area contributed by atoms with Gasteiger partial charge in [0.1, 0.15) is 11.4 Å². The minimum atomic E-state index is -0.455. The van der Waals surface area contributed by atoms with E-state index in [4.69, 9.17) is 9.47 Å². The molecule has 0 unspecified atom stereocenters. The molecule has 1 heterocycles. The quantitative estimate of drug-likeness (QED) is 0.864. The summed E-state index contributed by atoms with van der Waals surface area (Å²) in [6.45, 7) is 14.1. The number of rotatable bonds is 4. The van der Waals surface area contributed by atoms with Crippen molar-refractivity contribution in [2.24, 2.45) is 0 Å². The Hall–Kier alpha value is -1.75. The van der Waals surface area contributed by atoms with Crippen molar-refractivity contribution in [1.82, 2.24) is 10.2 Å². The smallest absolute Gasteiger partial charge is 0.407 e. The van der Waals surface area contributed by atoms with Gasteiger partial charge < -0.3 is 14.8 Å². The summed E-state index contributed by atoms with van der Waals surface area (Å²) in [6.07, 6.45) is 1.57. The van der Waals surface area contributed by atoms with Crippen molar-refractivity contribution in [1.29, 1.82) is 0 Å². The highest BCUT2D eigenvalue weighted by Gasteiger charge is 2.27. The molecular formula is C21H34N2O3. The number of carbonyl (C=O) groups is 1. The highest BCUT2D eigenvalue weighted by molar-refractivity contribution is 5.68. The van der Waals surface area contributed by atoms with E-state index in [0.717, 1.165) is 31.7 Å². The van der Waals surface area contributed by atoms with Gasteiger partial charge in [-0.05, 0) is 77.1 Å². The summed E-state index contributed by atoms with van der Waals surface area (Å²) in [5.41, 5.74) is 3.40. The lowest BCUT2D eigenvalue weighted by atomic mass is 9.94. The van der Waals surface area contributed by atoms with Crippen LogP contribution in [0.4, 0.5) is 4.79 Å². The molecule has 1 saturated heterocycles. The van der Waals surface area contributed by atoms with Crippen molar-refractivity contribution >= 4 is 6.09 Å². The molecule has 26 heavy (non-hydrogen) atoms. The van der Waals surface area contributed by atoms with Crippen LogP contribution >= 0.6 is 0 Å². The number of amides is 1. The van der Waals surface area contributed by atoms with E-state index < -0.39 is 5.60 Å². The first-order valence-electron chi connectivity index (χ1n) is 9.50. The van der Waals surface area contributed by atoms with E-state index in [0.29, 0.717) is 6.04 Å². The molecule has 0 radical (unpaired) electrons. The molecule has 1 aliphatic rings. The van der Waals surface area contributed by atoms with Crippen LogP contribution in [0.2, 0.25) is 0 Å². The Kier molecular flexibility index (Phi) is 6.56. The van der Waals surface area contributed by atoms with Gasteiger partial charge in [-0.25, -0.2) is 4.79 Å². The first-order valence-corrected chi connectivity index (χ1v) is 9.50. The summed E-state index contributed by atoms with van der Waals surface area (Å²) in [5.74, 6) is 0.943. The second-order valence-corrected chi connectivity index (χ2v) is 8.24. The first kappa shape index (κ1) is 20.6. The third-order valence-corrected chi connectivity index (χ3v) is 5.25. The van der Waals surface area contributed by atoms with E-state index in [1.165, 1.54) is 16.7 Å². The number of nitrogens with zero attached hydrogens (tertiary/aromatic N) is 1. The van der Waals surface area contributed by atoms with E-state index in [-0.39, 0.29) is 12.1 Å². The molecule has 1 aromatic rings. The minimum Gasteiger partial charge on any atom is -0.496 e. The van der Waals surface area contributed by atoms with E-state index in [1.54, 1.807) is 7.11 Å². The number of ether oxygens (including phenoxy) is 2. The maximum Gasteiger partial charge on any atom is 0.407 e. The van der Waals surface area contributed by atoms with Crippen LogP contribution in [0, 0.1) is 13.8 Å². The highest BCUT2D eigenvalue weighted by atomic mass is 16.6. The van der Waals surface area contributed by atoms with E-state index in [9.17, 15) is 4.79 Å². The van der Waals surface area contributed by atoms with Gasteiger partial charge >= 0.3 is 6.09 Å². The normalized spacial score (nSPS) is 17.7. The largest absolute Gasteiger partial charge is 0.496 e. The summed E-state index contributed by atoms with van der Waals surface area (Å²) in [6, 6.07) is 4.77. The maximum absolute atomic E-state index is 11.9. The lowest BCUT2D eigenvalue weighted by Gasteiger charge is -2.37. The Morgan fingerprint density at radius 3 is 2.35 bits per heavy atom. The number of alkyl carbamates (subject to hydrolysis) is 1. The van der Waals surface area contributed by atoms with Crippen LogP contribution < -0.4 is 10.1 Å². The Morgan fingerprint density at radius 1 is 1.19 bits per heavy atom. The van der Waals surface area contributed by atoms with Gasteiger partial charge in [0.2, 0.25) is 0 Å². The molecule has 1 aromatic carbocycles. The molecule has 1 fully saturated rings. The van der Waals surface area contributed by atoms with Crippen molar-refractivity contribution in [2.45, 2.75) is 72.1 Å². The van der Waals surface area contributed by atoms with Gasteiger partial charge in [0.15, 0.2) is 0 Å². The molecule has 0 aromatic heterocycles. The Bertz CT molecular complexity index is 629. The Morgan fingerprint density at radius 2 is 1.81 bits per heavy atom. The fourth-order valence-electron chi connectivity index (χ4n) is 3.59. The molecule has 5 nitrogen and oxygen atoms in total. The molecule has 0 aliphatic carbocycles. The second-order valence-electron chi connectivity index (χ2n) is 8.24. The standard InChI is InChI=1S/C21H34N2O3/c1-14-15(2)19(25-7)9-8-18(14)16(3)23-12-10-17(11-13-23)22-20(24)26-21(4,5)6/h8-9,16-17H,10-13H2,1-7H3,(H,22,24)/t16-/m1/s1. The zero-order valence-corrected chi connectivity index (χ0v) is 17.3. The average Bonchev–Trinajstić information content (AvgIpc) is 2.55. The first-order chi connectivity index (χ1) is 12.1. The van der Waals surface area contributed by atoms with Crippen LogP contribution in [0.3, 0.4) is 0 Å². The van der Waals surface area contributed by atoms with Crippen molar-refractivity contribution in [3.63, 3.8) is 0 Å². The van der Waals surface area contributed by atoms with Gasteiger partial charge in [-0.2, -0.15) is 0 Å². The van der Waals surface area contributed by atoms with Crippen LogP contribution in [0.1, 0.15) is 63.3 Å². The summed E-state index contributed by atoms with van der Waals surface area (Å²) in [7, 11) is 1.72. The number of hydrogen-bond acceptors (Lipinski definition) is 4. The number of piperidine rings is 1. The zero-order valence-electron chi connectivity index (χ0n) is 17.3. The molecule has 146 valence electrons. The second kappa shape index (κ2) is 8.30. The predicted molar refractivity (Wildman–Crippen MR) is 105 cm³/mol. The number of carbonyl (C=O) groups excluding carboxylic acids is 1. The van der Waals surface area contributed by atoms with Crippen molar-refractivity contribution in [3.05, 3.63) is 28.8 Å². The molecule has 1 atom stereocenters. The topological polar surface area (TPSA) is 50.8 Å². The van der Waals surface area contributed by atoms with E-state index in [1.807, 2.05) is 20.8 Å². The third-order valence-electron chi connectivity index (χ3n) is 5.25. The number of benzene rings is 1. The molecular weight excluding hydrogens is 328 g/mol. The summed E-state index contributed by atoms with van der Waals surface area (Å²) in [5, 5.41) is 3.01. The minimum absolute atomic E-state index is 0.187. The van der Waals surface area contributed by atoms with Gasteiger partial charge in [-0.1, -0.05) is 6.07 Å². The summed E-state index contributed by atoms with van der Waals surface area (Å²) in [4.78, 5) is 14.4. The van der Waals surface area contributed by atoms with Crippen molar-refractivity contribution < 1.29 is 14.3 Å². The van der Waals surface area contributed by atoms with Crippen molar-refractivity contribution in [2.75, 3.05) is 20.2 Å². The number of likely N-dealkylation sites (tertiary alicyclic amines) is 1. The maximum atomic E-state index is 11.9. The van der Waals surface area contributed by atoms with Crippen LogP contribution in [0.25, 0.3) is 0 Å². The lowest BCUT2D eigenvalue weighted by molar-refractivity contribution is 0.0470. The molecule has 0 bridgehead atoms. The zero-order chi connectivity index (χ0) is 19.5. The monoisotopic (exact) mass is 362 g/mol. The van der Waals surface area contributed by atoms with Gasteiger partial charge in [0.25, 0.3) is 0 Å². The van der Waals surface area contributed by atoms with E-state index >= 15 is 0 Å². The van der Waals surface area contributed by atoms with Gasteiger partial charge in [-0.15, -0.1) is 0 Å². The molecule has 0 spiro atoms. The van der Waals surface area contributed by atoms with Crippen LogP contribution in [-0.2, 0) is 4.74 Å². The number of hydrogen-bond donors (Lipinski definition) is 1. The third kappa shape index (κ3) is 5.13. The molecule has 5 heteroatoms. The number of nitrogens with one attached hydrogen (secondary N) is 1. The molecule has 1 amide bonds. The van der Waals surface area contributed by atoms with Gasteiger partial charge in [0, 0.05) is 25.2 Å². The van der Waals surface area contributed by atoms with Gasteiger partial charge in [0.05, 0.1) is 7.11 Å². The fraction of sp³-hybridized carbons (Fsp3) is 0.667. The SMILES string of the molecule is COc1ccc([C@@H](C)N2CCC(NC(=O)OC(C)(C)C)CC2)c(C)c1C. The molecule has 1 aliphatic heterocycles. The summed E-state index contributed by atoms with van der Waals surface area (Å²) >= 11 is 0. The fourth-order valence-corrected chi connectivity index (χ4v) is 3.59. The molecule has 0 saturated carbocycles. The van der Waals surface area contributed by atoms with Crippen LogP contribution in [-0.4, -0.2) is 42.8 Å².